The van der Waals surface area contributed by atoms with Gasteiger partial charge in [-0.05, 0) is 43.0 Å². The Bertz CT molecular complexity index is 1220. The lowest BCUT2D eigenvalue weighted by Gasteiger charge is -2.42. The van der Waals surface area contributed by atoms with Gasteiger partial charge < -0.3 is 24.5 Å². The molecular weight excluding hydrogens is 530 g/mol. The van der Waals surface area contributed by atoms with E-state index in [9.17, 15) is 19.5 Å². The van der Waals surface area contributed by atoms with Gasteiger partial charge in [-0.3, -0.25) is 14.4 Å². The van der Waals surface area contributed by atoms with Crippen LogP contribution in [0.1, 0.15) is 47.0 Å². The minimum absolute atomic E-state index is 0.0777. The molecule has 40 heavy (non-hydrogen) atoms. The van der Waals surface area contributed by atoms with E-state index in [1.54, 1.807) is 39.0 Å². The van der Waals surface area contributed by atoms with Crippen LogP contribution in [0.2, 0.25) is 5.02 Å². The van der Waals surface area contributed by atoms with Gasteiger partial charge in [-0.1, -0.05) is 70.0 Å². The highest BCUT2D eigenvalue weighted by Crippen LogP contribution is 2.59. The molecule has 1 spiro atoms. The number of hydrogen-bond acceptors (Lipinski definition) is 5. The molecule has 1 aromatic carbocycles. The molecule has 2 fully saturated rings. The summed E-state index contributed by atoms with van der Waals surface area (Å²) in [4.78, 5) is 48.5. The second kappa shape index (κ2) is 11.0. The summed E-state index contributed by atoms with van der Waals surface area (Å²) in [5, 5.41) is 11.1. The number of carbonyl (C=O) groups excluding carboxylic acids is 3. The van der Waals surface area contributed by atoms with Gasteiger partial charge in [-0.2, -0.15) is 0 Å². The van der Waals surface area contributed by atoms with E-state index >= 15 is 0 Å². The maximum Gasteiger partial charge on any atom is 0.253 e. The minimum Gasteiger partial charge on any atom is -0.394 e. The number of aliphatic hydroxyl groups excluding tert-OH is 1. The summed E-state index contributed by atoms with van der Waals surface area (Å²) in [5.41, 5.74) is -1.72. The molecule has 5 rings (SSSR count). The number of nitrogens with zero attached hydrogens (tertiary/aromatic N) is 3. The van der Waals surface area contributed by atoms with Crippen molar-refractivity contribution < 1.29 is 24.2 Å². The second-order valence-electron chi connectivity index (χ2n) is 11.5. The van der Waals surface area contributed by atoms with Gasteiger partial charge in [-0.25, -0.2) is 0 Å². The SMILES string of the molecule is CCCN1CC=C[C@]2(CC)O[C@]34C=CCN(c5ccc(Cl)cc5)C(=O)C3N([C@@H](CO)[C@@H](C)CC)C(=O)[C@@H]4[C@@H]2C1=O. The van der Waals surface area contributed by atoms with Gasteiger partial charge in [0.25, 0.3) is 5.91 Å². The molecule has 4 aliphatic heterocycles. The number of rotatable bonds is 8. The zero-order valence-electron chi connectivity index (χ0n) is 23.8. The van der Waals surface area contributed by atoms with Crippen LogP contribution >= 0.6 is 11.6 Å². The van der Waals surface area contributed by atoms with E-state index < -0.39 is 35.1 Å². The fourth-order valence-corrected chi connectivity index (χ4v) is 7.37. The number of carbonyl (C=O) groups is 3. The van der Waals surface area contributed by atoms with Crippen molar-refractivity contribution >= 4 is 35.0 Å². The van der Waals surface area contributed by atoms with Crippen LogP contribution in [-0.4, -0.2) is 82.2 Å². The molecule has 1 aromatic rings. The molecular formula is C31H40ClN3O5. The maximum absolute atomic E-state index is 14.7. The molecule has 9 heteroatoms. The van der Waals surface area contributed by atoms with E-state index in [1.807, 2.05) is 52.0 Å². The van der Waals surface area contributed by atoms with E-state index in [1.165, 1.54) is 0 Å². The first-order valence-electron chi connectivity index (χ1n) is 14.5. The number of aliphatic hydroxyl groups is 1. The number of fused-ring (bicyclic) bond motifs is 2. The normalized spacial score (nSPS) is 33.0. The van der Waals surface area contributed by atoms with Gasteiger partial charge in [0.2, 0.25) is 11.8 Å². The molecule has 0 bridgehead atoms. The topological polar surface area (TPSA) is 90.4 Å². The van der Waals surface area contributed by atoms with E-state index in [4.69, 9.17) is 16.3 Å². The molecule has 2 saturated heterocycles. The molecule has 0 aliphatic carbocycles. The third-order valence-corrected chi connectivity index (χ3v) is 9.69. The molecule has 8 nitrogen and oxygen atoms in total. The fraction of sp³-hybridized carbons (Fsp3) is 0.581. The first-order chi connectivity index (χ1) is 19.2. The van der Waals surface area contributed by atoms with Gasteiger partial charge in [0, 0.05) is 30.3 Å². The number of benzene rings is 1. The first kappa shape index (κ1) is 28.8. The summed E-state index contributed by atoms with van der Waals surface area (Å²) in [6.07, 6.45) is 9.63. The summed E-state index contributed by atoms with van der Waals surface area (Å²) < 4.78 is 7.02. The number of likely N-dealkylation sites (tertiary alicyclic amines) is 1. The average molecular weight is 570 g/mol. The van der Waals surface area contributed by atoms with Crippen LogP contribution in [0.25, 0.3) is 0 Å². The monoisotopic (exact) mass is 569 g/mol. The molecule has 4 heterocycles. The van der Waals surface area contributed by atoms with E-state index in [-0.39, 0.29) is 36.8 Å². The molecule has 216 valence electrons. The number of anilines is 1. The van der Waals surface area contributed by atoms with Crippen LogP contribution in [0.5, 0.6) is 0 Å². The van der Waals surface area contributed by atoms with Crippen LogP contribution in [0, 0.1) is 17.8 Å². The molecule has 1 unspecified atom stereocenters. The van der Waals surface area contributed by atoms with Gasteiger partial charge in [0.1, 0.15) is 11.6 Å². The highest BCUT2D eigenvalue weighted by atomic mass is 35.5. The van der Waals surface area contributed by atoms with Gasteiger partial charge >= 0.3 is 0 Å². The molecule has 1 N–H and O–H groups in total. The second-order valence-corrected chi connectivity index (χ2v) is 12.0. The Kier molecular flexibility index (Phi) is 7.89. The van der Waals surface area contributed by atoms with Crippen molar-refractivity contribution in [3.63, 3.8) is 0 Å². The summed E-state index contributed by atoms with van der Waals surface area (Å²) in [6.45, 7) is 8.98. The van der Waals surface area contributed by atoms with E-state index in [2.05, 4.69) is 0 Å². The number of ether oxygens (including phenoxy) is 1. The predicted molar refractivity (Wildman–Crippen MR) is 154 cm³/mol. The Balaban J connectivity index is 1.70. The third-order valence-electron chi connectivity index (χ3n) is 9.44. The maximum atomic E-state index is 14.7. The lowest BCUT2D eigenvalue weighted by atomic mass is 9.73. The van der Waals surface area contributed by atoms with Crippen LogP contribution in [0.3, 0.4) is 0 Å². The van der Waals surface area contributed by atoms with Crippen molar-refractivity contribution in [1.29, 1.82) is 0 Å². The van der Waals surface area contributed by atoms with Crippen LogP contribution < -0.4 is 4.90 Å². The summed E-state index contributed by atoms with van der Waals surface area (Å²) in [5.74, 6) is -2.47. The Hall–Kier alpha value is -2.68. The van der Waals surface area contributed by atoms with Gasteiger partial charge in [0.05, 0.1) is 30.1 Å². The molecule has 7 atom stereocenters. The average Bonchev–Trinajstić information content (AvgIpc) is 3.24. The number of amides is 3. The molecule has 4 aliphatic rings. The van der Waals surface area contributed by atoms with Crippen LogP contribution in [0.15, 0.2) is 48.6 Å². The van der Waals surface area contributed by atoms with Crippen molar-refractivity contribution in [2.45, 2.75) is 70.2 Å². The van der Waals surface area contributed by atoms with Gasteiger partial charge in [-0.15, -0.1) is 0 Å². The number of halogens is 1. The molecule has 0 radical (unpaired) electrons. The van der Waals surface area contributed by atoms with Crippen molar-refractivity contribution in [2.75, 3.05) is 31.1 Å². The fourth-order valence-electron chi connectivity index (χ4n) is 7.25. The molecule has 3 amide bonds. The predicted octanol–water partition coefficient (Wildman–Crippen LogP) is 3.82. The highest BCUT2D eigenvalue weighted by molar-refractivity contribution is 6.30. The Morgan fingerprint density at radius 1 is 1.00 bits per heavy atom. The van der Waals surface area contributed by atoms with E-state index in [0.29, 0.717) is 36.6 Å². The van der Waals surface area contributed by atoms with Crippen molar-refractivity contribution in [1.82, 2.24) is 9.80 Å². The minimum atomic E-state index is -1.36. The van der Waals surface area contributed by atoms with Crippen molar-refractivity contribution in [2.24, 2.45) is 17.8 Å². The summed E-state index contributed by atoms with van der Waals surface area (Å²) in [6, 6.07) is 5.38. The lowest BCUT2D eigenvalue weighted by Crippen LogP contribution is -2.60. The Morgan fingerprint density at radius 2 is 1.70 bits per heavy atom. The summed E-state index contributed by atoms with van der Waals surface area (Å²) >= 11 is 6.14. The highest BCUT2D eigenvalue weighted by Gasteiger charge is 2.76. The molecule has 0 aromatic heterocycles. The quantitative estimate of drug-likeness (QED) is 0.481. The van der Waals surface area contributed by atoms with E-state index in [0.717, 1.165) is 6.42 Å². The van der Waals surface area contributed by atoms with Crippen molar-refractivity contribution in [3.05, 3.63) is 53.6 Å². The Labute approximate surface area is 241 Å². The third kappa shape index (κ3) is 4.22. The van der Waals surface area contributed by atoms with Gasteiger partial charge in [0.15, 0.2) is 0 Å². The number of hydrogen-bond donors (Lipinski definition) is 1. The lowest BCUT2D eigenvalue weighted by molar-refractivity contribution is -0.153. The zero-order chi connectivity index (χ0) is 28.8. The molecule has 0 saturated carbocycles. The van der Waals surface area contributed by atoms with Crippen LogP contribution in [-0.2, 0) is 19.1 Å². The Morgan fingerprint density at radius 3 is 2.33 bits per heavy atom. The largest absolute Gasteiger partial charge is 0.394 e. The standard InChI is InChI=1S/C31H40ClN3O5/c1-5-16-33-17-8-14-30(7-3)24(27(33)37)25-28(38)35(23(19-36)20(4)6-2)26-29(39)34(18-9-15-31(25,26)40-30)22-12-10-21(32)11-13-22/h8-15,20,23-26,36H,5-7,16-19H2,1-4H3/t20-,23-,24+,25-,26?,30-,31-/m0/s1. The van der Waals surface area contributed by atoms with Crippen molar-refractivity contribution in [3.8, 4) is 0 Å². The summed E-state index contributed by atoms with van der Waals surface area (Å²) in [7, 11) is 0. The smallest absolute Gasteiger partial charge is 0.253 e. The zero-order valence-corrected chi connectivity index (χ0v) is 24.5. The van der Waals surface area contributed by atoms with Crippen LogP contribution in [0.4, 0.5) is 5.69 Å². The first-order valence-corrected chi connectivity index (χ1v) is 14.9.